The van der Waals surface area contributed by atoms with Crippen LogP contribution in [0.1, 0.15) is 22.5 Å². The number of nitrogens with zero attached hydrogens (tertiary/aromatic N) is 2. The van der Waals surface area contributed by atoms with Crippen LogP contribution in [0.3, 0.4) is 0 Å². The number of nitrogens with one attached hydrogen (secondary N) is 2. The van der Waals surface area contributed by atoms with Crippen LogP contribution in [0.2, 0.25) is 0 Å². The molecule has 0 fully saturated rings. The van der Waals surface area contributed by atoms with Crippen LogP contribution in [-0.2, 0) is 11.3 Å². The van der Waals surface area contributed by atoms with Gasteiger partial charge in [0.25, 0.3) is 5.91 Å². The van der Waals surface area contributed by atoms with E-state index in [1.165, 1.54) is 35.6 Å². The summed E-state index contributed by atoms with van der Waals surface area (Å²) in [6, 6.07) is 5.24. The minimum atomic E-state index is -0.398. The van der Waals surface area contributed by atoms with Crippen LogP contribution in [0.25, 0.3) is 0 Å². The molecular weight excluding hydrogens is 331 g/mol. The largest absolute Gasteiger partial charge is 0.354 e. The lowest BCUT2D eigenvalue weighted by molar-refractivity contribution is -0.121. The number of halogens is 1. The highest BCUT2D eigenvalue weighted by Gasteiger charge is 2.08. The lowest BCUT2D eigenvalue weighted by Crippen LogP contribution is -2.30. The average molecular weight is 350 g/mol. The summed E-state index contributed by atoms with van der Waals surface area (Å²) in [5.41, 5.74) is 1.16. The number of amides is 2. The third-order valence-electron chi connectivity index (χ3n) is 3.13. The molecule has 0 aliphatic carbocycles. The number of thiazole rings is 1. The normalized spacial score (nSPS) is 10.3. The Balaban J connectivity index is 1.69. The predicted molar refractivity (Wildman–Crippen MR) is 91.6 cm³/mol. The maximum Gasteiger partial charge on any atom is 0.251 e. The Hall–Kier alpha value is -2.48. The van der Waals surface area contributed by atoms with Gasteiger partial charge in [-0.05, 0) is 24.3 Å². The summed E-state index contributed by atoms with van der Waals surface area (Å²) in [7, 11) is 3.82. The smallest absolute Gasteiger partial charge is 0.251 e. The SMILES string of the molecule is CN(C)c1nc(CNC(=O)CCNC(=O)c2ccc(F)cc2)cs1. The Morgan fingerprint density at radius 2 is 1.92 bits per heavy atom. The minimum Gasteiger partial charge on any atom is -0.354 e. The van der Waals surface area contributed by atoms with Gasteiger partial charge >= 0.3 is 0 Å². The highest BCUT2D eigenvalue weighted by atomic mass is 32.1. The molecule has 2 aromatic rings. The number of hydrogen-bond donors (Lipinski definition) is 2. The Labute approximate surface area is 143 Å². The number of carbonyl (C=O) groups excluding carboxylic acids is 2. The van der Waals surface area contributed by atoms with Crippen molar-refractivity contribution in [2.24, 2.45) is 0 Å². The highest BCUT2D eigenvalue weighted by Crippen LogP contribution is 2.17. The van der Waals surface area contributed by atoms with Crippen molar-refractivity contribution in [1.29, 1.82) is 0 Å². The third kappa shape index (κ3) is 5.31. The molecule has 24 heavy (non-hydrogen) atoms. The maximum absolute atomic E-state index is 12.8. The molecule has 0 aliphatic heterocycles. The van der Waals surface area contributed by atoms with E-state index in [0.29, 0.717) is 12.1 Å². The zero-order chi connectivity index (χ0) is 17.5. The fraction of sp³-hybridized carbons (Fsp3) is 0.312. The lowest BCUT2D eigenvalue weighted by atomic mass is 10.2. The molecule has 0 radical (unpaired) electrons. The molecule has 0 saturated heterocycles. The van der Waals surface area contributed by atoms with E-state index in [2.05, 4.69) is 15.6 Å². The Kier molecular flexibility index (Phi) is 6.25. The predicted octanol–water partition coefficient (Wildman–Crippen LogP) is 1.78. The van der Waals surface area contributed by atoms with Crippen molar-refractivity contribution < 1.29 is 14.0 Å². The molecule has 0 aliphatic rings. The van der Waals surface area contributed by atoms with Gasteiger partial charge in [0.1, 0.15) is 5.82 Å². The summed E-state index contributed by atoms with van der Waals surface area (Å²) in [5.74, 6) is -0.905. The highest BCUT2D eigenvalue weighted by molar-refractivity contribution is 7.13. The molecule has 8 heteroatoms. The second-order valence-electron chi connectivity index (χ2n) is 5.31. The Bertz CT molecular complexity index is 700. The lowest BCUT2D eigenvalue weighted by Gasteiger charge is -2.07. The van der Waals surface area contributed by atoms with E-state index in [-0.39, 0.29) is 24.8 Å². The van der Waals surface area contributed by atoms with Crippen LogP contribution in [-0.4, -0.2) is 37.4 Å². The van der Waals surface area contributed by atoms with E-state index in [4.69, 9.17) is 0 Å². The van der Waals surface area contributed by atoms with Crippen molar-refractivity contribution in [2.75, 3.05) is 25.5 Å². The fourth-order valence-corrected chi connectivity index (χ4v) is 2.61. The molecule has 0 atom stereocenters. The molecule has 2 N–H and O–H groups in total. The molecule has 6 nitrogen and oxygen atoms in total. The van der Waals surface area contributed by atoms with Crippen LogP contribution in [0.4, 0.5) is 9.52 Å². The summed E-state index contributed by atoms with van der Waals surface area (Å²) in [5, 5.41) is 8.16. The number of anilines is 1. The number of hydrogen-bond acceptors (Lipinski definition) is 5. The number of aromatic nitrogens is 1. The van der Waals surface area contributed by atoms with Crippen LogP contribution in [0.5, 0.6) is 0 Å². The fourth-order valence-electron chi connectivity index (χ4n) is 1.85. The monoisotopic (exact) mass is 350 g/mol. The van der Waals surface area contributed by atoms with Crippen molar-refractivity contribution in [1.82, 2.24) is 15.6 Å². The van der Waals surface area contributed by atoms with Gasteiger partial charge in [-0.15, -0.1) is 11.3 Å². The molecule has 1 heterocycles. The zero-order valence-electron chi connectivity index (χ0n) is 13.5. The molecule has 0 unspecified atom stereocenters. The van der Waals surface area contributed by atoms with Gasteiger partial charge in [0.2, 0.25) is 5.91 Å². The van der Waals surface area contributed by atoms with Gasteiger partial charge in [0.05, 0.1) is 12.2 Å². The summed E-state index contributed by atoms with van der Waals surface area (Å²) >= 11 is 1.51. The Morgan fingerprint density at radius 1 is 1.21 bits per heavy atom. The van der Waals surface area contributed by atoms with Crippen LogP contribution in [0.15, 0.2) is 29.6 Å². The van der Waals surface area contributed by atoms with E-state index in [9.17, 15) is 14.0 Å². The first kappa shape index (κ1) is 17.9. The second kappa shape index (κ2) is 8.39. The van der Waals surface area contributed by atoms with Crippen molar-refractivity contribution in [3.63, 3.8) is 0 Å². The van der Waals surface area contributed by atoms with Gasteiger partial charge < -0.3 is 15.5 Å². The summed E-state index contributed by atoms with van der Waals surface area (Å²) in [6.07, 6.45) is 0.164. The van der Waals surface area contributed by atoms with Crippen LogP contribution >= 0.6 is 11.3 Å². The van der Waals surface area contributed by atoms with E-state index < -0.39 is 5.82 Å². The molecule has 0 spiro atoms. The van der Waals surface area contributed by atoms with Crippen LogP contribution < -0.4 is 15.5 Å². The Morgan fingerprint density at radius 3 is 2.54 bits per heavy atom. The van der Waals surface area contributed by atoms with Crippen molar-refractivity contribution in [3.8, 4) is 0 Å². The quantitative estimate of drug-likeness (QED) is 0.798. The number of rotatable bonds is 7. The van der Waals surface area contributed by atoms with Gasteiger partial charge in [0, 0.05) is 38.0 Å². The molecule has 0 saturated carbocycles. The van der Waals surface area contributed by atoms with Crippen LogP contribution in [0, 0.1) is 5.82 Å². The van der Waals surface area contributed by atoms with Gasteiger partial charge in [-0.25, -0.2) is 9.37 Å². The zero-order valence-corrected chi connectivity index (χ0v) is 14.3. The minimum absolute atomic E-state index is 0.164. The van der Waals surface area contributed by atoms with E-state index in [1.54, 1.807) is 0 Å². The molecule has 2 amide bonds. The summed E-state index contributed by atoms with van der Waals surface area (Å²) in [6.45, 7) is 0.567. The van der Waals surface area contributed by atoms with Gasteiger partial charge in [-0.1, -0.05) is 0 Å². The number of carbonyl (C=O) groups is 2. The summed E-state index contributed by atoms with van der Waals surface area (Å²) < 4.78 is 12.8. The molecule has 2 rings (SSSR count). The first-order valence-electron chi connectivity index (χ1n) is 7.38. The van der Waals surface area contributed by atoms with Gasteiger partial charge in [-0.3, -0.25) is 9.59 Å². The molecule has 1 aromatic heterocycles. The van der Waals surface area contributed by atoms with E-state index in [0.717, 1.165) is 10.8 Å². The second-order valence-corrected chi connectivity index (χ2v) is 6.14. The van der Waals surface area contributed by atoms with Crippen molar-refractivity contribution >= 4 is 28.3 Å². The van der Waals surface area contributed by atoms with Crippen molar-refractivity contribution in [2.45, 2.75) is 13.0 Å². The number of benzene rings is 1. The molecular formula is C16H19FN4O2S. The topological polar surface area (TPSA) is 74.3 Å². The van der Waals surface area contributed by atoms with Crippen molar-refractivity contribution in [3.05, 3.63) is 46.7 Å². The standard InChI is InChI=1S/C16H19FN4O2S/c1-21(2)16-20-13(10-24-16)9-19-14(22)7-8-18-15(23)11-3-5-12(17)6-4-11/h3-6,10H,7-9H2,1-2H3,(H,18,23)(H,19,22). The van der Waals surface area contributed by atoms with Gasteiger partial charge in [-0.2, -0.15) is 0 Å². The molecule has 1 aromatic carbocycles. The molecule has 0 bridgehead atoms. The van der Waals surface area contributed by atoms with Gasteiger partial charge in [0.15, 0.2) is 5.13 Å². The van der Waals surface area contributed by atoms with E-state index >= 15 is 0 Å². The average Bonchev–Trinajstić information content (AvgIpc) is 3.03. The first-order valence-corrected chi connectivity index (χ1v) is 8.26. The summed E-state index contributed by atoms with van der Waals surface area (Å²) in [4.78, 5) is 29.8. The molecule has 128 valence electrons. The first-order chi connectivity index (χ1) is 11.5. The van der Waals surface area contributed by atoms with E-state index in [1.807, 2.05) is 24.4 Å². The third-order valence-corrected chi connectivity index (χ3v) is 4.19. The maximum atomic E-state index is 12.8.